The Morgan fingerprint density at radius 3 is 2.33 bits per heavy atom. The van der Waals surface area contributed by atoms with E-state index in [2.05, 4.69) is 51.1 Å². The zero-order valence-electron chi connectivity index (χ0n) is 12.5. The molecule has 1 aliphatic rings. The molecule has 2 heterocycles. The maximum Gasteiger partial charge on any atom is 0.187 e. The van der Waals surface area contributed by atoms with Gasteiger partial charge in [-0.2, -0.15) is 0 Å². The van der Waals surface area contributed by atoms with Gasteiger partial charge in [0.2, 0.25) is 0 Å². The smallest absolute Gasteiger partial charge is 0.187 e. The Hall–Kier alpha value is -1.59. The number of aromatic nitrogens is 2. The summed E-state index contributed by atoms with van der Waals surface area (Å²) in [5, 5.41) is 0.816. The molecule has 0 bridgehead atoms. The van der Waals surface area contributed by atoms with E-state index in [1.807, 2.05) is 18.6 Å². The van der Waals surface area contributed by atoms with Gasteiger partial charge in [0.1, 0.15) is 0 Å². The molecule has 3 rings (SSSR count). The largest absolute Gasteiger partial charge is 0.368 e. The second kappa shape index (κ2) is 6.45. The molecule has 4 nitrogen and oxygen atoms in total. The average Bonchev–Trinajstić information content (AvgIpc) is 2.56. The molecule has 0 amide bonds. The first-order valence-corrected chi connectivity index (χ1v) is 8.39. The van der Waals surface area contributed by atoms with E-state index >= 15 is 0 Å². The van der Waals surface area contributed by atoms with Gasteiger partial charge in [0.05, 0.1) is 0 Å². The van der Waals surface area contributed by atoms with Crippen molar-refractivity contribution in [2.45, 2.75) is 5.16 Å². The third-order valence-electron chi connectivity index (χ3n) is 3.87. The van der Waals surface area contributed by atoms with Crippen LogP contribution in [0.4, 0.5) is 5.69 Å². The molecular weight excluding hydrogens is 280 g/mol. The Labute approximate surface area is 130 Å². The van der Waals surface area contributed by atoms with Crippen molar-refractivity contribution >= 4 is 17.4 Å². The number of piperazine rings is 1. The van der Waals surface area contributed by atoms with Crippen LogP contribution in [0, 0.1) is 0 Å². The number of rotatable bonds is 3. The number of likely N-dealkylation sites (N-methyl/N-ethyl adjacent to an activating group) is 1. The predicted octanol–water partition coefficient (Wildman–Crippen LogP) is 2.62. The first kappa shape index (κ1) is 14.4. The third kappa shape index (κ3) is 3.19. The van der Waals surface area contributed by atoms with Crippen molar-refractivity contribution in [2.24, 2.45) is 0 Å². The van der Waals surface area contributed by atoms with E-state index in [-0.39, 0.29) is 0 Å². The Morgan fingerprint density at radius 1 is 1.00 bits per heavy atom. The Balaban J connectivity index is 1.91. The summed E-state index contributed by atoms with van der Waals surface area (Å²) in [6, 6.07) is 8.54. The van der Waals surface area contributed by atoms with Gasteiger partial charge in [0, 0.05) is 55.4 Å². The lowest BCUT2D eigenvalue weighted by molar-refractivity contribution is 0.313. The van der Waals surface area contributed by atoms with Gasteiger partial charge >= 0.3 is 0 Å². The molecule has 21 heavy (non-hydrogen) atoms. The normalized spacial score (nSPS) is 16.2. The number of benzene rings is 1. The molecule has 0 unspecified atom stereocenters. The van der Waals surface area contributed by atoms with E-state index in [0.29, 0.717) is 0 Å². The zero-order valence-corrected chi connectivity index (χ0v) is 13.3. The van der Waals surface area contributed by atoms with Crippen LogP contribution < -0.4 is 4.90 Å². The first-order valence-electron chi connectivity index (χ1n) is 7.17. The molecule has 2 aromatic rings. The standard InChI is InChI=1S/C16H20N4S/c1-19-7-9-20(10-8-19)15-6-4-3-5-14(15)13-11-17-16(21-2)18-12-13/h3-6,11-12H,7-10H2,1-2H3. The van der Waals surface area contributed by atoms with Gasteiger partial charge in [0.15, 0.2) is 5.16 Å². The number of anilines is 1. The quantitative estimate of drug-likeness (QED) is 0.643. The summed E-state index contributed by atoms with van der Waals surface area (Å²) in [5.41, 5.74) is 3.59. The number of thioether (sulfide) groups is 1. The zero-order chi connectivity index (χ0) is 14.7. The number of nitrogens with zero attached hydrogens (tertiary/aromatic N) is 4. The molecule has 1 saturated heterocycles. The minimum atomic E-state index is 0.816. The topological polar surface area (TPSA) is 32.3 Å². The Bertz CT molecular complexity index is 591. The highest BCUT2D eigenvalue weighted by Gasteiger charge is 2.17. The van der Waals surface area contributed by atoms with Crippen molar-refractivity contribution in [1.29, 1.82) is 0 Å². The number of hydrogen-bond acceptors (Lipinski definition) is 5. The van der Waals surface area contributed by atoms with E-state index in [9.17, 15) is 0 Å². The monoisotopic (exact) mass is 300 g/mol. The fourth-order valence-corrected chi connectivity index (χ4v) is 2.92. The van der Waals surface area contributed by atoms with E-state index in [0.717, 1.165) is 36.9 Å². The average molecular weight is 300 g/mol. The molecule has 0 atom stereocenters. The van der Waals surface area contributed by atoms with Gasteiger partial charge in [-0.15, -0.1) is 0 Å². The lowest BCUT2D eigenvalue weighted by Gasteiger charge is -2.35. The molecule has 1 fully saturated rings. The Morgan fingerprint density at radius 2 is 1.67 bits per heavy atom. The molecule has 5 heteroatoms. The minimum Gasteiger partial charge on any atom is -0.368 e. The Kier molecular flexibility index (Phi) is 4.41. The van der Waals surface area contributed by atoms with Crippen LogP contribution in [0.2, 0.25) is 0 Å². The summed E-state index contributed by atoms with van der Waals surface area (Å²) in [5.74, 6) is 0. The van der Waals surface area contributed by atoms with Crippen LogP contribution in [-0.4, -0.2) is 54.4 Å². The summed E-state index contributed by atoms with van der Waals surface area (Å²) >= 11 is 1.57. The van der Waals surface area contributed by atoms with Crippen LogP contribution in [0.15, 0.2) is 41.8 Å². The lowest BCUT2D eigenvalue weighted by atomic mass is 10.1. The van der Waals surface area contributed by atoms with Crippen LogP contribution in [0.25, 0.3) is 11.1 Å². The maximum atomic E-state index is 4.40. The first-order chi connectivity index (χ1) is 10.3. The summed E-state index contributed by atoms with van der Waals surface area (Å²) in [6.07, 6.45) is 5.84. The minimum absolute atomic E-state index is 0.816. The van der Waals surface area contributed by atoms with Gasteiger partial charge in [-0.3, -0.25) is 0 Å². The van der Waals surface area contributed by atoms with Crippen LogP contribution in [0.1, 0.15) is 0 Å². The van der Waals surface area contributed by atoms with Gasteiger partial charge in [-0.1, -0.05) is 30.0 Å². The second-order valence-corrected chi connectivity index (χ2v) is 6.04. The third-order valence-corrected chi connectivity index (χ3v) is 4.45. The molecule has 0 aliphatic carbocycles. The van der Waals surface area contributed by atoms with Crippen molar-refractivity contribution in [3.05, 3.63) is 36.7 Å². The lowest BCUT2D eigenvalue weighted by Crippen LogP contribution is -2.44. The summed E-state index contributed by atoms with van der Waals surface area (Å²) in [6.45, 7) is 4.35. The van der Waals surface area contributed by atoms with Crippen LogP contribution in [0.5, 0.6) is 0 Å². The van der Waals surface area contributed by atoms with E-state index in [4.69, 9.17) is 0 Å². The maximum absolute atomic E-state index is 4.40. The van der Waals surface area contributed by atoms with Crippen molar-refractivity contribution in [1.82, 2.24) is 14.9 Å². The molecule has 0 radical (unpaired) electrons. The molecule has 0 saturated carbocycles. The van der Waals surface area contributed by atoms with Gasteiger partial charge in [-0.25, -0.2) is 9.97 Å². The molecule has 1 aromatic heterocycles. The van der Waals surface area contributed by atoms with E-state index < -0.39 is 0 Å². The fourth-order valence-electron chi connectivity index (χ4n) is 2.60. The van der Waals surface area contributed by atoms with Crippen molar-refractivity contribution < 1.29 is 0 Å². The van der Waals surface area contributed by atoms with Crippen LogP contribution in [0.3, 0.4) is 0 Å². The number of para-hydroxylation sites is 1. The van der Waals surface area contributed by atoms with Crippen LogP contribution in [-0.2, 0) is 0 Å². The van der Waals surface area contributed by atoms with Crippen molar-refractivity contribution in [3.63, 3.8) is 0 Å². The van der Waals surface area contributed by atoms with E-state index in [1.165, 1.54) is 11.3 Å². The van der Waals surface area contributed by atoms with E-state index in [1.54, 1.807) is 11.8 Å². The van der Waals surface area contributed by atoms with Crippen molar-refractivity contribution in [3.8, 4) is 11.1 Å². The van der Waals surface area contributed by atoms with Crippen molar-refractivity contribution in [2.75, 3.05) is 44.4 Å². The fraction of sp³-hybridized carbons (Fsp3) is 0.375. The highest BCUT2D eigenvalue weighted by atomic mass is 32.2. The predicted molar refractivity (Wildman–Crippen MR) is 89.0 cm³/mol. The number of hydrogen-bond donors (Lipinski definition) is 0. The molecule has 110 valence electrons. The summed E-state index contributed by atoms with van der Waals surface area (Å²) in [4.78, 5) is 13.6. The molecular formula is C16H20N4S. The summed E-state index contributed by atoms with van der Waals surface area (Å²) in [7, 11) is 2.18. The van der Waals surface area contributed by atoms with Gasteiger partial charge in [-0.05, 0) is 19.4 Å². The van der Waals surface area contributed by atoms with Gasteiger partial charge < -0.3 is 9.80 Å². The molecule has 0 spiro atoms. The van der Waals surface area contributed by atoms with Crippen LogP contribution >= 0.6 is 11.8 Å². The highest BCUT2D eigenvalue weighted by Crippen LogP contribution is 2.30. The van der Waals surface area contributed by atoms with Gasteiger partial charge in [0.25, 0.3) is 0 Å². The summed E-state index contributed by atoms with van der Waals surface area (Å²) < 4.78 is 0. The molecule has 1 aliphatic heterocycles. The SMILES string of the molecule is CSc1ncc(-c2ccccc2N2CCN(C)CC2)cn1. The molecule has 1 aromatic carbocycles. The molecule has 0 N–H and O–H groups in total. The second-order valence-electron chi connectivity index (χ2n) is 5.27. The highest BCUT2D eigenvalue weighted by molar-refractivity contribution is 7.98.